The van der Waals surface area contributed by atoms with Crippen LogP contribution in [0.5, 0.6) is 0 Å². The second-order valence-electron chi connectivity index (χ2n) is 16.3. The molecular formula is C57H38. The summed E-state index contributed by atoms with van der Waals surface area (Å²) in [5.41, 5.74) is 13.0. The summed E-state index contributed by atoms with van der Waals surface area (Å²) < 4.78 is 0. The predicted octanol–water partition coefficient (Wildman–Crippen LogP) is 15.9. The van der Waals surface area contributed by atoms with Crippen molar-refractivity contribution in [2.24, 2.45) is 0 Å². The molecule has 0 heterocycles. The molecule has 0 bridgehead atoms. The van der Waals surface area contributed by atoms with Gasteiger partial charge in [0.2, 0.25) is 0 Å². The fourth-order valence-electron chi connectivity index (χ4n) is 10.6. The molecule has 12 rings (SSSR count). The summed E-state index contributed by atoms with van der Waals surface area (Å²) in [5.74, 6) is 0. The third kappa shape index (κ3) is 4.50. The van der Waals surface area contributed by atoms with Crippen LogP contribution in [-0.4, -0.2) is 0 Å². The molecule has 1 aliphatic carbocycles. The van der Waals surface area contributed by atoms with Crippen LogP contribution in [0.3, 0.4) is 0 Å². The monoisotopic (exact) mass is 722 g/mol. The van der Waals surface area contributed by atoms with Gasteiger partial charge in [0.1, 0.15) is 0 Å². The Labute approximate surface area is 332 Å². The molecule has 0 saturated carbocycles. The summed E-state index contributed by atoms with van der Waals surface area (Å²) >= 11 is 0. The molecule has 0 radical (unpaired) electrons. The Morgan fingerprint density at radius 1 is 0.281 bits per heavy atom. The lowest BCUT2D eigenvalue weighted by Crippen LogP contribution is -2.16. The fraction of sp³-hybridized carbons (Fsp3) is 0.0526. The van der Waals surface area contributed by atoms with Crippen molar-refractivity contribution in [2.45, 2.75) is 19.3 Å². The molecule has 0 unspecified atom stereocenters. The maximum Gasteiger partial charge on any atom is 0.0165 e. The van der Waals surface area contributed by atoms with E-state index in [4.69, 9.17) is 0 Å². The second-order valence-corrected chi connectivity index (χ2v) is 16.3. The van der Waals surface area contributed by atoms with Crippen LogP contribution in [0.15, 0.2) is 194 Å². The molecule has 0 spiro atoms. The molecule has 0 aliphatic heterocycles. The summed E-state index contributed by atoms with van der Waals surface area (Å²) in [7, 11) is 0. The second kappa shape index (κ2) is 12.0. The third-order valence-electron chi connectivity index (χ3n) is 13.0. The summed E-state index contributed by atoms with van der Waals surface area (Å²) in [6.07, 6.45) is 0. The first kappa shape index (κ1) is 32.2. The maximum atomic E-state index is 2.56. The van der Waals surface area contributed by atoms with Crippen molar-refractivity contribution in [3.05, 3.63) is 205 Å². The van der Waals surface area contributed by atoms with Crippen molar-refractivity contribution in [2.75, 3.05) is 0 Å². The van der Waals surface area contributed by atoms with Crippen molar-refractivity contribution in [3.63, 3.8) is 0 Å². The van der Waals surface area contributed by atoms with Crippen LogP contribution >= 0.6 is 0 Å². The summed E-state index contributed by atoms with van der Waals surface area (Å²) in [5, 5.41) is 15.6. The number of hydrogen-bond acceptors (Lipinski definition) is 0. The Kier molecular flexibility index (Phi) is 6.78. The van der Waals surface area contributed by atoms with E-state index in [2.05, 4.69) is 208 Å². The summed E-state index contributed by atoms with van der Waals surface area (Å²) in [6, 6.07) is 72.4. The molecule has 0 fully saturated rings. The number of rotatable bonds is 3. The molecule has 0 amide bonds. The first-order valence-electron chi connectivity index (χ1n) is 20.1. The molecule has 57 heavy (non-hydrogen) atoms. The van der Waals surface area contributed by atoms with Gasteiger partial charge in [-0.05, 0) is 126 Å². The highest BCUT2D eigenvalue weighted by molar-refractivity contribution is 6.27. The lowest BCUT2D eigenvalue weighted by atomic mass is 9.77. The minimum Gasteiger partial charge on any atom is -0.0616 e. The standard InChI is InChI=1S/C57H38/c1-57(2)51-34-50(42-21-6-8-22-43(42)54(51)55-44-23-9-5-19-40(44)41-20-7-14-28-49(41)56(55)57)53-47-26-12-10-24-45(47)52(46-25-11-13-27-48(46)53)37-32-30-36(31-33-37)39-29-15-17-35-16-3-4-18-38(35)39/h3-34H,1-2H3. The SMILES string of the molecule is CC1(C)c2cc(-c3c4ccccc4c(-c4ccc(-c5cccc6ccccc56)cc4)c4ccccc34)c3ccccc3c2-c2c1c1ccccc1c1ccccc21. The van der Waals surface area contributed by atoms with Crippen LogP contribution < -0.4 is 0 Å². The number of hydrogen-bond donors (Lipinski definition) is 0. The van der Waals surface area contributed by atoms with Gasteiger partial charge in [0.05, 0.1) is 0 Å². The Bertz CT molecular complexity index is 3410. The van der Waals surface area contributed by atoms with Gasteiger partial charge in [0, 0.05) is 5.41 Å². The molecule has 0 atom stereocenters. The highest BCUT2D eigenvalue weighted by Crippen LogP contribution is 2.58. The molecule has 0 aromatic heterocycles. The van der Waals surface area contributed by atoms with Crippen LogP contribution in [0.1, 0.15) is 25.0 Å². The zero-order chi connectivity index (χ0) is 37.8. The van der Waals surface area contributed by atoms with Crippen molar-refractivity contribution >= 4 is 64.6 Å². The van der Waals surface area contributed by atoms with Gasteiger partial charge in [-0.25, -0.2) is 0 Å². The summed E-state index contributed by atoms with van der Waals surface area (Å²) in [4.78, 5) is 0. The minimum absolute atomic E-state index is 0.218. The molecule has 0 N–H and O–H groups in total. The molecule has 266 valence electrons. The lowest BCUT2D eigenvalue weighted by Gasteiger charge is -2.25. The molecule has 0 nitrogen and oxygen atoms in total. The first-order chi connectivity index (χ1) is 28.1. The third-order valence-corrected chi connectivity index (χ3v) is 13.0. The number of fused-ring (bicyclic) bond motifs is 13. The Balaban J connectivity index is 1.13. The summed E-state index contributed by atoms with van der Waals surface area (Å²) in [6.45, 7) is 4.89. The normalized spacial score (nSPS) is 13.2. The van der Waals surface area contributed by atoms with E-state index < -0.39 is 0 Å². The van der Waals surface area contributed by atoms with E-state index in [1.165, 1.54) is 120 Å². The molecule has 11 aromatic rings. The molecular weight excluding hydrogens is 685 g/mol. The Morgan fingerprint density at radius 3 is 1.32 bits per heavy atom. The van der Waals surface area contributed by atoms with E-state index >= 15 is 0 Å². The highest BCUT2D eigenvalue weighted by Gasteiger charge is 2.40. The van der Waals surface area contributed by atoms with Gasteiger partial charge >= 0.3 is 0 Å². The zero-order valence-corrected chi connectivity index (χ0v) is 32.0. The van der Waals surface area contributed by atoms with E-state index in [0.29, 0.717) is 0 Å². The average Bonchev–Trinajstić information content (AvgIpc) is 3.52. The van der Waals surface area contributed by atoms with Crippen molar-refractivity contribution in [1.82, 2.24) is 0 Å². The quantitative estimate of drug-likeness (QED) is 0.126. The highest BCUT2D eigenvalue weighted by atomic mass is 14.4. The average molecular weight is 723 g/mol. The van der Waals surface area contributed by atoms with Gasteiger partial charge in [-0.3, -0.25) is 0 Å². The van der Waals surface area contributed by atoms with Crippen LogP contribution in [0.4, 0.5) is 0 Å². The largest absolute Gasteiger partial charge is 0.0616 e. The number of benzene rings is 11. The van der Waals surface area contributed by atoms with Gasteiger partial charge < -0.3 is 0 Å². The van der Waals surface area contributed by atoms with Crippen LogP contribution in [0.25, 0.3) is 109 Å². The van der Waals surface area contributed by atoms with E-state index in [1.807, 2.05) is 0 Å². The van der Waals surface area contributed by atoms with Crippen LogP contribution in [0, 0.1) is 0 Å². The molecule has 0 saturated heterocycles. The Morgan fingerprint density at radius 2 is 0.702 bits per heavy atom. The minimum atomic E-state index is -0.218. The van der Waals surface area contributed by atoms with E-state index in [9.17, 15) is 0 Å². The van der Waals surface area contributed by atoms with E-state index in [-0.39, 0.29) is 5.41 Å². The molecule has 1 aliphatic rings. The van der Waals surface area contributed by atoms with Crippen molar-refractivity contribution in [1.29, 1.82) is 0 Å². The van der Waals surface area contributed by atoms with E-state index in [0.717, 1.165) is 0 Å². The van der Waals surface area contributed by atoms with Crippen molar-refractivity contribution in [3.8, 4) is 44.5 Å². The van der Waals surface area contributed by atoms with Gasteiger partial charge in [0.25, 0.3) is 0 Å². The molecule has 0 heteroatoms. The van der Waals surface area contributed by atoms with Crippen LogP contribution in [0.2, 0.25) is 0 Å². The smallest absolute Gasteiger partial charge is 0.0165 e. The maximum absolute atomic E-state index is 2.56. The predicted molar refractivity (Wildman–Crippen MR) is 245 cm³/mol. The first-order valence-corrected chi connectivity index (χ1v) is 20.1. The zero-order valence-electron chi connectivity index (χ0n) is 32.0. The lowest BCUT2D eigenvalue weighted by molar-refractivity contribution is 0.667. The van der Waals surface area contributed by atoms with Gasteiger partial charge in [0.15, 0.2) is 0 Å². The molecule has 11 aromatic carbocycles. The van der Waals surface area contributed by atoms with Crippen LogP contribution in [-0.2, 0) is 5.41 Å². The van der Waals surface area contributed by atoms with Crippen molar-refractivity contribution < 1.29 is 0 Å². The fourth-order valence-corrected chi connectivity index (χ4v) is 10.6. The topological polar surface area (TPSA) is 0 Å². The Hall–Kier alpha value is -7.02. The van der Waals surface area contributed by atoms with Gasteiger partial charge in [-0.2, -0.15) is 0 Å². The van der Waals surface area contributed by atoms with Gasteiger partial charge in [-0.15, -0.1) is 0 Å². The van der Waals surface area contributed by atoms with Gasteiger partial charge in [-0.1, -0.05) is 202 Å². The van der Waals surface area contributed by atoms with E-state index in [1.54, 1.807) is 0 Å².